The van der Waals surface area contributed by atoms with Crippen molar-refractivity contribution in [2.75, 3.05) is 38.5 Å². The molecule has 7 nitrogen and oxygen atoms in total. The fraction of sp³-hybridized carbons (Fsp3) is 0.500. The summed E-state index contributed by atoms with van der Waals surface area (Å²) in [4.78, 5) is 10.2. The summed E-state index contributed by atoms with van der Waals surface area (Å²) in [5.74, 6) is 0.975. The van der Waals surface area contributed by atoms with Gasteiger partial charge in [-0.2, -0.15) is 18.3 Å². The molecule has 3 rings (SSSR count). The summed E-state index contributed by atoms with van der Waals surface area (Å²) in [7, 11) is 3.60. The van der Waals surface area contributed by atoms with Crippen molar-refractivity contribution in [1.82, 2.24) is 25.0 Å². The number of rotatable bonds is 5. The number of halogens is 4. The van der Waals surface area contributed by atoms with Gasteiger partial charge in [0.25, 0.3) is 0 Å². The molecule has 1 unspecified atom stereocenters. The number of likely N-dealkylation sites (tertiary alicyclic amines) is 1. The molecule has 1 aliphatic heterocycles. The molecule has 0 bridgehead atoms. The highest BCUT2D eigenvalue weighted by Crippen LogP contribution is 2.33. The molecule has 0 saturated carbocycles. The maximum Gasteiger partial charge on any atom is 0.419 e. The average molecular weight is 523 g/mol. The van der Waals surface area contributed by atoms with Crippen molar-refractivity contribution in [3.63, 3.8) is 0 Å². The van der Waals surface area contributed by atoms with Crippen molar-refractivity contribution >= 4 is 35.8 Å². The van der Waals surface area contributed by atoms with Gasteiger partial charge in [-0.15, -0.1) is 24.0 Å². The topological polar surface area (TPSA) is 70.4 Å². The Labute approximate surface area is 184 Å². The summed E-state index contributed by atoms with van der Waals surface area (Å²) in [6.07, 6.45) is 1.83. The zero-order valence-electron chi connectivity index (χ0n) is 16.3. The van der Waals surface area contributed by atoms with Crippen LogP contribution in [0, 0.1) is 0 Å². The van der Waals surface area contributed by atoms with Gasteiger partial charge in [0.2, 0.25) is 0 Å². The maximum absolute atomic E-state index is 13.0. The first kappa shape index (κ1) is 23.2. The Morgan fingerprint density at radius 2 is 2.14 bits per heavy atom. The smallest absolute Gasteiger partial charge is 0.368 e. The lowest BCUT2D eigenvalue weighted by atomic mass is 10.0. The Morgan fingerprint density at radius 3 is 2.79 bits per heavy atom. The molecular weight excluding hydrogens is 498 g/mol. The van der Waals surface area contributed by atoms with Crippen molar-refractivity contribution in [2.24, 2.45) is 12.0 Å². The van der Waals surface area contributed by atoms with E-state index in [2.05, 4.69) is 30.6 Å². The molecule has 1 fully saturated rings. The van der Waals surface area contributed by atoms with Crippen LogP contribution in [-0.4, -0.2) is 58.9 Å². The molecule has 1 aliphatic rings. The van der Waals surface area contributed by atoms with Crippen LogP contribution >= 0.6 is 24.0 Å². The molecule has 29 heavy (non-hydrogen) atoms. The number of aromatic nitrogens is 3. The van der Waals surface area contributed by atoms with Crippen LogP contribution in [-0.2, 0) is 13.2 Å². The van der Waals surface area contributed by atoms with Crippen molar-refractivity contribution < 1.29 is 13.2 Å². The fourth-order valence-electron chi connectivity index (χ4n) is 3.34. The zero-order chi connectivity index (χ0) is 20.1. The summed E-state index contributed by atoms with van der Waals surface area (Å²) in [5, 5.41) is 10.2. The summed E-state index contributed by atoms with van der Waals surface area (Å²) in [6, 6.07) is 2.30. The first-order valence-electron chi connectivity index (χ1n) is 9.08. The summed E-state index contributed by atoms with van der Waals surface area (Å²) in [5.41, 5.74) is 0.440. The Bertz CT molecular complexity index is 822. The lowest BCUT2D eigenvalue weighted by molar-refractivity contribution is -0.137. The van der Waals surface area contributed by atoms with Crippen LogP contribution in [0.2, 0.25) is 0 Å². The van der Waals surface area contributed by atoms with Crippen LogP contribution in [0.1, 0.15) is 23.5 Å². The number of hydrogen-bond acceptors (Lipinski definition) is 4. The van der Waals surface area contributed by atoms with E-state index in [0.717, 1.165) is 31.5 Å². The molecule has 0 radical (unpaired) electrons. The molecule has 11 heteroatoms. The van der Waals surface area contributed by atoms with Crippen LogP contribution in [0.15, 0.2) is 35.7 Å². The monoisotopic (exact) mass is 523 g/mol. The lowest BCUT2D eigenvalue weighted by Crippen LogP contribution is -2.41. The van der Waals surface area contributed by atoms with Crippen LogP contribution in [0.5, 0.6) is 0 Å². The Hall–Kier alpha value is -2.05. The molecule has 2 aromatic rings. The quantitative estimate of drug-likeness (QED) is 0.273. The normalized spacial score (nSPS) is 17.2. The van der Waals surface area contributed by atoms with E-state index >= 15 is 0 Å². The number of pyridine rings is 1. The maximum atomic E-state index is 13.0. The highest BCUT2D eigenvalue weighted by molar-refractivity contribution is 14.0. The molecule has 2 N–H and O–H groups in total. The van der Waals surface area contributed by atoms with Crippen LogP contribution in [0.4, 0.5) is 19.0 Å². The van der Waals surface area contributed by atoms with E-state index in [1.165, 1.54) is 17.8 Å². The van der Waals surface area contributed by atoms with Crippen molar-refractivity contribution in [3.8, 4) is 0 Å². The van der Waals surface area contributed by atoms with Crippen molar-refractivity contribution in [3.05, 3.63) is 41.9 Å². The van der Waals surface area contributed by atoms with Gasteiger partial charge in [0.05, 0.1) is 11.8 Å². The minimum Gasteiger partial charge on any atom is -0.368 e. The Morgan fingerprint density at radius 1 is 1.34 bits per heavy atom. The molecule has 0 spiro atoms. The van der Waals surface area contributed by atoms with Gasteiger partial charge < -0.3 is 15.5 Å². The van der Waals surface area contributed by atoms with Gasteiger partial charge in [-0.1, -0.05) is 0 Å². The third-order valence-electron chi connectivity index (χ3n) is 4.71. The SMILES string of the molecule is CN=C(NCCNc1ncccc1C(F)(F)F)N1CCC(c2cnn(C)c2)C1.I. The van der Waals surface area contributed by atoms with Gasteiger partial charge in [0.15, 0.2) is 5.96 Å². The minimum atomic E-state index is -4.43. The number of guanidine groups is 1. The molecule has 1 saturated heterocycles. The number of nitrogens with one attached hydrogen (secondary N) is 2. The summed E-state index contributed by atoms with van der Waals surface area (Å²) in [6.45, 7) is 2.41. The van der Waals surface area contributed by atoms with E-state index in [-0.39, 0.29) is 29.8 Å². The molecule has 1 atom stereocenters. The van der Waals surface area contributed by atoms with E-state index < -0.39 is 11.7 Å². The lowest BCUT2D eigenvalue weighted by Gasteiger charge is -2.22. The molecule has 160 valence electrons. The highest BCUT2D eigenvalue weighted by atomic mass is 127. The first-order chi connectivity index (χ1) is 13.4. The van der Waals surface area contributed by atoms with E-state index in [0.29, 0.717) is 19.0 Å². The second-order valence-electron chi connectivity index (χ2n) is 6.68. The molecule has 0 amide bonds. The third-order valence-corrected chi connectivity index (χ3v) is 4.71. The van der Waals surface area contributed by atoms with Gasteiger partial charge >= 0.3 is 6.18 Å². The molecule has 0 aromatic carbocycles. The van der Waals surface area contributed by atoms with Gasteiger partial charge in [0.1, 0.15) is 5.82 Å². The number of nitrogens with zero attached hydrogens (tertiary/aromatic N) is 5. The van der Waals surface area contributed by atoms with Gasteiger partial charge in [-0.3, -0.25) is 9.67 Å². The van der Waals surface area contributed by atoms with Crippen LogP contribution < -0.4 is 10.6 Å². The van der Waals surface area contributed by atoms with Gasteiger partial charge in [0, 0.05) is 58.6 Å². The number of alkyl halides is 3. The number of aryl methyl sites for hydroxylation is 1. The highest BCUT2D eigenvalue weighted by Gasteiger charge is 2.34. The number of aliphatic imine (C=N–C) groups is 1. The number of anilines is 1. The standard InChI is InChI=1S/C18H24F3N7.HI/c1-22-17(28-9-5-13(12-28)14-10-26-27(2)11-14)25-8-7-24-16-15(18(19,20)21)4-3-6-23-16;/h3-4,6,10-11,13H,5,7-9,12H2,1-2H3,(H,22,25)(H,23,24);1H. The summed E-state index contributed by atoms with van der Waals surface area (Å²) >= 11 is 0. The fourth-order valence-corrected chi connectivity index (χ4v) is 3.34. The predicted octanol–water partition coefficient (Wildman–Crippen LogP) is 2.93. The van der Waals surface area contributed by atoms with Crippen LogP contribution in [0.3, 0.4) is 0 Å². The predicted molar refractivity (Wildman–Crippen MR) is 117 cm³/mol. The molecule has 3 heterocycles. The van der Waals surface area contributed by atoms with E-state index in [1.807, 2.05) is 19.4 Å². The van der Waals surface area contributed by atoms with Crippen molar-refractivity contribution in [1.29, 1.82) is 0 Å². The molecular formula is C18H25F3IN7. The van der Waals surface area contributed by atoms with Gasteiger partial charge in [-0.05, 0) is 24.1 Å². The number of hydrogen-bond donors (Lipinski definition) is 2. The minimum absolute atomic E-state index is 0. The van der Waals surface area contributed by atoms with E-state index in [4.69, 9.17) is 0 Å². The second kappa shape index (κ2) is 10.1. The third kappa shape index (κ3) is 5.97. The summed E-state index contributed by atoms with van der Waals surface area (Å²) < 4.78 is 40.8. The van der Waals surface area contributed by atoms with Crippen molar-refractivity contribution in [2.45, 2.75) is 18.5 Å². The second-order valence-corrected chi connectivity index (χ2v) is 6.68. The van der Waals surface area contributed by atoms with Gasteiger partial charge in [-0.25, -0.2) is 4.98 Å². The first-order valence-corrected chi connectivity index (χ1v) is 9.08. The van der Waals surface area contributed by atoms with Crippen LogP contribution in [0.25, 0.3) is 0 Å². The molecule has 2 aromatic heterocycles. The Kier molecular flexibility index (Phi) is 8.11. The average Bonchev–Trinajstić information content (AvgIpc) is 3.30. The van der Waals surface area contributed by atoms with E-state index in [1.54, 1.807) is 11.7 Å². The largest absolute Gasteiger partial charge is 0.419 e. The molecule has 0 aliphatic carbocycles. The van der Waals surface area contributed by atoms with E-state index in [9.17, 15) is 13.2 Å². The Balaban J connectivity index is 0.00000300. The zero-order valence-corrected chi connectivity index (χ0v) is 18.6.